The highest BCUT2D eigenvalue weighted by atomic mass is 32.2. The minimum absolute atomic E-state index is 0.00192. The van der Waals surface area contributed by atoms with E-state index in [1.807, 2.05) is 0 Å². The van der Waals surface area contributed by atoms with Gasteiger partial charge in [-0.05, 0) is 13.0 Å². The summed E-state index contributed by atoms with van der Waals surface area (Å²) >= 11 is 0. The van der Waals surface area contributed by atoms with Crippen molar-refractivity contribution in [3.63, 3.8) is 0 Å². The maximum Gasteiger partial charge on any atom is 0.229 e. The zero-order valence-electron chi connectivity index (χ0n) is 15.9. The second kappa shape index (κ2) is 7.06. The van der Waals surface area contributed by atoms with E-state index in [0.29, 0.717) is 11.3 Å². The third-order valence-corrected chi connectivity index (χ3v) is 7.10. The lowest BCUT2D eigenvalue weighted by Crippen LogP contribution is -2.59. The van der Waals surface area contributed by atoms with E-state index in [2.05, 4.69) is 21.1 Å². The van der Waals surface area contributed by atoms with E-state index in [1.54, 1.807) is 36.3 Å². The number of nitriles is 1. The van der Waals surface area contributed by atoms with E-state index in [4.69, 9.17) is 5.26 Å². The van der Waals surface area contributed by atoms with Crippen LogP contribution in [0.5, 0.6) is 0 Å². The molecule has 1 saturated heterocycles. The van der Waals surface area contributed by atoms with Gasteiger partial charge < -0.3 is 0 Å². The first kappa shape index (κ1) is 19.2. The molecule has 0 bridgehead atoms. The van der Waals surface area contributed by atoms with Crippen molar-refractivity contribution >= 4 is 27.0 Å². The number of rotatable bonds is 5. The molecule has 11 heteroatoms. The molecule has 3 aromatic heterocycles. The SMILES string of the molecule is CCS(=O)(=O)N1CC(n2cc(-c3ncnc4c3ccn4C(C)=O)cn2)C1CC#N. The van der Waals surface area contributed by atoms with E-state index in [9.17, 15) is 13.2 Å². The van der Waals surface area contributed by atoms with Crippen LogP contribution in [0.25, 0.3) is 22.3 Å². The molecule has 0 aliphatic carbocycles. The third-order valence-electron chi connectivity index (χ3n) is 5.24. The topological polar surface area (TPSA) is 127 Å². The Hall–Kier alpha value is -3.10. The van der Waals surface area contributed by atoms with E-state index >= 15 is 0 Å². The summed E-state index contributed by atoms with van der Waals surface area (Å²) in [6.07, 6.45) is 6.58. The van der Waals surface area contributed by atoms with Crippen LogP contribution in [-0.2, 0) is 10.0 Å². The molecule has 10 nitrogen and oxygen atoms in total. The zero-order valence-corrected chi connectivity index (χ0v) is 16.7. The van der Waals surface area contributed by atoms with Crippen molar-refractivity contribution in [3.05, 3.63) is 31.0 Å². The standard InChI is InChI=1S/C18H19N7O3S/c1-3-29(27,28)25-10-16(15(25)4-6-19)24-9-13(8-22-24)17-14-5-7-23(12(2)26)18(14)21-11-20-17/h5,7-9,11,15-16H,3-4,10H2,1-2H3. The molecule has 0 amide bonds. The van der Waals surface area contributed by atoms with Crippen molar-refractivity contribution < 1.29 is 13.2 Å². The molecule has 4 heterocycles. The summed E-state index contributed by atoms with van der Waals surface area (Å²) < 4.78 is 28.9. The van der Waals surface area contributed by atoms with Crippen molar-refractivity contribution in [2.75, 3.05) is 12.3 Å². The van der Waals surface area contributed by atoms with Crippen molar-refractivity contribution in [1.29, 1.82) is 5.26 Å². The van der Waals surface area contributed by atoms with E-state index in [1.165, 1.54) is 22.1 Å². The third kappa shape index (κ3) is 3.10. The molecule has 0 spiro atoms. The molecule has 150 valence electrons. The van der Waals surface area contributed by atoms with E-state index < -0.39 is 16.1 Å². The first-order valence-electron chi connectivity index (χ1n) is 9.11. The summed E-state index contributed by atoms with van der Waals surface area (Å²) in [5.41, 5.74) is 1.88. The fourth-order valence-corrected chi connectivity index (χ4v) is 4.99. The number of nitrogens with zero attached hydrogens (tertiary/aromatic N) is 7. The highest BCUT2D eigenvalue weighted by Crippen LogP contribution is 2.35. The summed E-state index contributed by atoms with van der Waals surface area (Å²) in [6, 6.07) is 3.19. The van der Waals surface area contributed by atoms with E-state index in [-0.39, 0.29) is 30.7 Å². The molecule has 0 saturated carbocycles. The van der Waals surface area contributed by atoms with Crippen LogP contribution >= 0.6 is 0 Å². The smallest absolute Gasteiger partial charge is 0.229 e. The molecule has 2 unspecified atom stereocenters. The molecular formula is C18H19N7O3S. The first-order chi connectivity index (χ1) is 13.9. The lowest BCUT2D eigenvalue weighted by atomic mass is 9.97. The van der Waals surface area contributed by atoms with Crippen LogP contribution in [0.1, 0.15) is 31.1 Å². The Morgan fingerprint density at radius 2 is 2.17 bits per heavy atom. The van der Waals surface area contributed by atoms with Gasteiger partial charge in [-0.1, -0.05) is 0 Å². The van der Waals surface area contributed by atoms with Crippen LogP contribution in [0.3, 0.4) is 0 Å². The Bertz CT molecular complexity index is 1240. The van der Waals surface area contributed by atoms with Gasteiger partial charge in [0.05, 0.1) is 42.2 Å². The van der Waals surface area contributed by atoms with Gasteiger partial charge >= 0.3 is 0 Å². The Morgan fingerprint density at radius 1 is 1.38 bits per heavy atom. The van der Waals surface area contributed by atoms with Gasteiger partial charge in [0.15, 0.2) is 5.65 Å². The van der Waals surface area contributed by atoms with Gasteiger partial charge in [-0.2, -0.15) is 14.7 Å². The maximum atomic E-state index is 12.2. The number of hydrogen-bond donors (Lipinski definition) is 0. The second-order valence-corrected chi connectivity index (χ2v) is 9.05. The highest BCUT2D eigenvalue weighted by Gasteiger charge is 2.46. The predicted molar refractivity (Wildman–Crippen MR) is 104 cm³/mol. The summed E-state index contributed by atoms with van der Waals surface area (Å²) in [5.74, 6) is -0.149. The second-order valence-electron chi connectivity index (χ2n) is 6.84. The number of fused-ring (bicyclic) bond motifs is 1. The average Bonchev–Trinajstić information content (AvgIpc) is 3.32. The molecular weight excluding hydrogens is 394 g/mol. The maximum absolute atomic E-state index is 12.2. The Morgan fingerprint density at radius 3 is 2.86 bits per heavy atom. The molecule has 29 heavy (non-hydrogen) atoms. The molecule has 4 rings (SSSR count). The number of sulfonamides is 1. The number of carbonyl (C=O) groups is 1. The Labute approximate surface area is 167 Å². The van der Waals surface area contributed by atoms with E-state index in [0.717, 1.165) is 10.9 Å². The van der Waals surface area contributed by atoms with Crippen molar-refractivity contribution in [2.45, 2.75) is 32.4 Å². The molecule has 0 N–H and O–H groups in total. The van der Waals surface area contributed by atoms with Crippen LogP contribution in [-0.4, -0.2) is 61.3 Å². The van der Waals surface area contributed by atoms with Crippen molar-refractivity contribution in [2.24, 2.45) is 0 Å². The Balaban J connectivity index is 1.67. The molecule has 1 aliphatic heterocycles. The summed E-state index contributed by atoms with van der Waals surface area (Å²) in [6.45, 7) is 3.33. The zero-order chi connectivity index (χ0) is 20.8. The fraction of sp³-hybridized carbons (Fsp3) is 0.389. The van der Waals surface area contributed by atoms with Gasteiger partial charge in [0.2, 0.25) is 15.9 Å². The molecule has 0 aromatic carbocycles. The number of aromatic nitrogens is 5. The number of carbonyl (C=O) groups excluding carboxylic acids is 1. The average molecular weight is 413 g/mol. The minimum atomic E-state index is -3.37. The minimum Gasteiger partial charge on any atom is -0.274 e. The van der Waals surface area contributed by atoms with Gasteiger partial charge in [0.25, 0.3) is 0 Å². The lowest BCUT2D eigenvalue weighted by molar-refractivity contribution is 0.0941. The largest absolute Gasteiger partial charge is 0.274 e. The molecule has 1 aliphatic rings. The monoisotopic (exact) mass is 413 g/mol. The van der Waals surface area contributed by atoms with Crippen molar-refractivity contribution in [3.8, 4) is 17.3 Å². The van der Waals surface area contributed by atoms with Crippen LogP contribution in [0.15, 0.2) is 31.0 Å². The van der Waals surface area contributed by atoms with Crippen LogP contribution in [0, 0.1) is 11.3 Å². The summed E-state index contributed by atoms with van der Waals surface area (Å²) in [4.78, 5) is 20.3. The quantitative estimate of drug-likeness (QED) is 0.619. The normalized spacial score (nSPS) is 19.8. The van der Waals surface area contributed by atoms with Gasteiger partial charge in [0, 0.05) is 36.8 Å². The molecule has 1 fully saturated rings. The lowest BCUT2D eigenvalue weighted by Gasteiger charge is -2.45. The summed E-state index contributed by atoms with van der Waals surface area (Å²) in [5, 5.41) is 14.2. The van der Waals surface area contributed by atoms with Gasteiger partial charge in [-0.15, -0.1) is 0 Å². The predicted octanol–water partition coefficient (Wildman–Crippen LogP) is 1.44. The highest BCUT2D eigenvalue weighted by molar-refractivity contribution is 7.89. The van der Waals surface area contributed by atoms with Gasteiger partial charge in [0.1, 0.15) is 6.33 Å². The van der Waals surface area contributed by atoms with Crippen LogP contribution in [0.2, 0.25) is 0 Å². The van der Waals surface area contributed by atoms with Gasteiger partial charge in [-0.25, -0.2) is 18.4 Å². The van der Waals surface area contributed by atoms with Gasteiger partial charge in [-0.3, -0.25) is 14.0 Å². The van der Waals surface area contributed by atoms with Crippen LogP contribution in [0.4, 0.5) is 0 Å². The molecule has 0 radical (unpaired) electrons. The molecule has 2 atom stereocenters. The number of hydrogen-bond acceptors (Lipinski definition) is 7. The summed E-state index contributed by atoms with van der Waals surface area (Å²) in [7, 11) is -3.37. The fourth-order valence-electron chi connectivity index (χ4n) is 3.65. The molecule has 3 aromatic rings. The van der Waals surface area contributed by atoms with Crippen LogP contribution < -0.4 is 0 Å². The Kier molecular flexibility index (Phi) is 4.68. The van der Waals surface area contributed by atoms with Crippen molar-refractivity contribution in [1.82, 2.24) is 28.6 Å². The first-order valence-corrected chi connectivity index (χ1v) is 10.7.